The molecule has 2 aliphatic rings. The first kappa shape index (κ1) is 10.8. The molecule has 0 aromatic carbocycles. The van der Waals surface area contributed by atoms with Crippen molar-refractivity contribution in [3.63, 3.8) is 0 Å². The maximum atomic E-state index is 6.13. The molecular weight excluding hydrogens is 218 g/mol. The Bertz CT molecular complexity index is 330. The summed E-state index contributed by atoms with van der Waals surface area (Å²) in [5.74, 6) is 0. The van der Waals surface area contributed by atoms with Gasteiger partial charge < -0.3 is 10.1 Å². The molecule has 1 unspecified atom stereocenters. The molecule has 1 aliphatic carbocycles. The number of nitrogens with one attached hydrogen (secondary N) is 1. The highest BCUT2D eigenvalue weighted by Gasteiger charge is 2.36. The van der Waals surface area contributed by atoms with Crippen LogP contribution in [0.1, 0.15) is 37.4 Å². The van der Waals surface area contributed by atoms with Crippen molar-refractivity contribution in [2.24, 2.45) is 5.41 Å². The Kier molecular flexibility index (Phi) is 3.01. The second-order valence-corrected chi connectivity index (χ2v) is 5.97. The highest BCUT2D eigenvalue weighted by Crippen LogP contribution is 2.40. The van der Waals surface area contributed by atoms with E-state index < -0.39 is 0 Å². The molecule has 2 heterocycles. The molecule has 1 saturated heterocycles. The van der Waals surface area contributed by atoms with Gasteiger partial charge in [-0.05, 0) is 35.2 Å². The number of hydrogen-bond acceptors (Lipinski definition) is 3. The SMILES string of the molecule is c1cc(C2CNCC3(CCCC3)CO2)cs1. The fraction of sp³-hybridized carbons (Fsp3) is 0.692. The first-order chi connectivity index (χ1) is 7.88. The van der Waals surface area contributed by atoms with Crippen LogP contribution in [0.3, 0.4) is 0 Å². The average molecular weight is 237 g/mol. The van der Waals surface area contributed by atoms with Gasteiger partial charge in [0.05, 0.1) is 12.7 Å². The van der Waals surface area contributed by atoms with E-state index >= 15 is 0 Å². The van der Waals surface area contributed by atoms with E-state index in [0.717, 1.165) is 19.7 Å². The largest absolute Gasteiger partial charge is 0.372 e. The number of rotatable bonds is 1. The molecule has 0 amide bonds. The van der Waals surface area contributed by atoms with Gasteiger partial charge in [0, 0.05) is 18.5 Å². The van der Waals surface area contributed by atoms with Crippen LogP contribution in [-0.4, -0.2) is 19.7 Å². The molecule has 1 aromatic rings. The van der Waals surface area contributed by atoms with Crippen LogP contribution in [0.4, 0.5) is 0 Å². The van der Waals surface area contributed by atoms with Crippen molar-refractivity contribution in [3.8, 4) is 0 Å². The lowest BCUT2D eigenvalue weighted by molar-refractivity contribution is 0.0160. The van der Waals surface area contributed by atoms with E-state index in [9.17, 15) is 0 Å². The summed E-state index contributed by atoms with van der Waals surface area (Å²) in [5.41, 5.74) is 1.79. The minimum Gasteiger partial charge on any atom is -0.372 e. The van der Waals surface area contributed by atoms with E-state index in [4.69, 9.17) is 4.74 Å². The van der Waals surface area contributed by atoms with Gasteiger partial charge in [-0.1, -0.05) is 12.8 Å². The number of thiophene rings is 1. The summed E-state index contributed by atoms with van der Waals surface area (Å²) >= 11 is 1.76. The van der Waals surface area contributed by atoms with Crippen LogP contribution in [0.2, 0.25) is 0 Å². The highest BCUT2D eigenvalue weighted by molar-refractivity contribution is 7.07. The molecule has 1 N–H and O–H groups in total. The van der Waals surface area contributed by atoms with E-state index in [1.54, 1.807) is 11.3 Å². The van der Waals surface area contributed by atoms with E-state index in [0.29, 0.717) is 5.41 Å². The zero-order valence-electron chi connectivity index (χ0n) is 9.58. The van der Waals surface area contributed by atoms with Crippen molar-refractivity contribution in [3.05, 3.63) is 22.4 Å². The van der Waals surface area contributed by atoms with Crippen LogP contribution in [0.5, 0.6) is 0 Å². The van der Waals surface area contributed by atoms with Gasteiger partial charge in [0.1, 0.15) is 0 Å². The zero-order chi connectivity index (χ0) is 10.8. The summed E-state index contributed by atoms with van der Waals surface area (Å²) in [7, 11) is 0. The Morgan fingerprint density at radius 1 is 1.38 bits per heavy atom. The first-order valence-corrected chi connectivity index (χ1v) is 7.17. The fourth-order valence-corrected chi connectivity index (χ4v) is 3.68. The minimum atomic E-state index is 0.270. The Morgan fingerprint density at radius 3 is 3.00 bits per heavy atom. The lowest BCUT2D eigenvalue weighted by atomic mass is 9.87. The quantitative estimate of drug-likeness (QED) is 0.811. The average Bonchev–Trinajstić information content (AvgIpc) is 2.90. The summed E-state index contributed by atoms with van der Waals surface area (Å²) in [6.45, 7) is 3.06. The molecule has 1 aliphatic heterocycles. The molecule has 0 radical (unpaired) electrons. The summed E-state index contributed by atoms with van der Waals surface area (Å²) in [6, 6.07) is 2.18. The lowest BCUT2D eigenvalue weighted by Crippen LogP contribution is -2.32. The second kappa shape index (κ2) is 4.47. The summed E-state index contributed by atoms with van der Waals surface area (Å²) in [5, 5.41) is 7.94. The zero-order valence-corrected chi connectivity index (χ0v) is 10.4. The molecule has 1 atom stereocenters. The minimum absolute atomic E-state index is 0.270. The predicted molar refractivity (Wildman–Crippen MR) is 66.8 cm³/mol. The summed E-state index contributed by atoms with van der Waals surface area (Å²) in [4.78, 5) is 0. The Balaban J connectivity index is 1.69. The van der Waals surface area contributed by atoms with Gasteiger partial charge in [-0.25, -0.2) is 0 Å². The molecule has 16 heavy (non-hydrogen) atoms. The van der Waals surface area contributed by atoms with Crippen LogP contribution < -0.4 is 5.32 Å². The van der Waals surface area contributed by atoms with Crippen LogP contribution in [0.25, 0.3) is 0 Å². The maximum Gasteiger partial charge on any atom is 0.0957 e. The van der Waals surface area contributed by atoms with Crippen LogP contribution >= 0.6 is 11.3 Å². The van der Waals surface area contributed by atoms with Crippen molar-refractivity contribution in [2.45, 2.75) is 31.8 Å². The standard InChI is InChI=1S/C13H19NOS/c1-2-5-13(4-1)9-14-7-12(15-10-13)11-3-6-16-8-11/h3,6,8,12,14H,1-2,4-5,7,9-10H2. The van der Waals surface area contributed by atoms with E-state index in [2.05, 4.69) is 22.1 Å². The normalized spacial score (nSPS) is 29.4. The van der Waals surface area contributed by atoms with Gasteiger partial charge >= 0.3 is 0 Å². The number of hydrogen-bond donors (Lipinski definition) is 1. The van der Waals surface area contributed by atoms with Gasteiger partial charge in [0.2, 0.25) is 0 Å². The molecular formula is C13H19NOS. The smallest absolute Gasteiger partial charge is 0.0957 e. The second-order valence-electron chi connectivity index (χ2n) is 5.19. The van der Waals surface area contributed by atoms with Gasteiger partial charge in [-0.2, -0.15) is 11.3 Å². The van der Waals surface area contributed by atoms with Crippen molar-refractivity contribution < 1.29 is 4.74 Å². The molecule has 1 aromatic heterocycles. The molecule has 88 valence electrons. The third kappa shape index (κ3) is 2.04. The molecule has 3 rings (SSSR count). The Labute approximate surface area is 101 Å². The Morgan fingerprint density at radius 2 is 2.25 bits per heavy atom. The van der Waals surface area contributed by atoms with Gasteiger partial charge in [0.25, 0.3) is 0 Å². The molecule has 1 saturated carbocycles. The predicted octanol–water partition coefficient (Wildman–Crippen LogP) is 2.97. The van der Waals surface area contributed by atoms with Crippen LogP contribution in [0, 0.1) is 5.41 Å². The van der Waals surface area contributed by atoms with Crippen molar-refractivity contribution in [1.82, 2.24) is 5.32 Å². The van der Waals surface area contributed by atoms with Crippen LogP contribution in [0.15, 0.2) is 16.8 Å². The molecule has 0 bridgehead atoms. The fourth-order valence-electron chi connectivity index (χ4n) is 2.97. The third-order valence-electron chi connectivity index (χ3n) is 4.00. The third-order valence-corrected chi connectivity index (χ3v) is 4.70. The molecule has 2 fully saturated rings. The van der Waals surface area contributed by atoms with E-state index in [1.807, 2.05) is 0 Å². The van der Waals surface area contributed by atoms with Gasteiger partial charge in [-0.15, -0.1) is 0 Å². The number of ether oxygens (including phenoxy) is 1. The topological polar surface area (TPSA) is 21.3 Å². The summed E-state index contributed by atoms with van der Waals surface area (Å²) < 4.78 is 6.13. The van der Waals surface area contributed by atoms with E-state index in [1.165, 1.54) is 31.2 Å². The van der Waals surface area contributed by atoms with Crippen molar-refractivity contribution in [1.29, 1.82) is 0 Å². The van der Waals surface area contributed by atoms with E-state index in [-0.39, 0.29) is 6.10 Å². The lowest BCUT2D eigenvalue weighted by Gasteiger charge is -2.26. The Hall–Kier alpha value is -0.380. The first-order valence-electron chi connectivity index (χ1n) is 6.22. The van der Waals surface area contributed by atoms with Crippen LogP contribution in [-0.2, 0) is 4.74 Å². The van der Waals surface area contributed by atoms with Crippen molar-refractivity contribution in [2.75, 3.05) is 19.7 Å². The molecule has 1 spiro atoms. The van der Waals surface area contributed by atoms with Crippen molar-refractivity contribution >= 4 is 11.3 Å². The molecule has 3 heteroatoms. The highest BCUT2D eigenvalue weighted by atomic mass is 32.1. The van der Waals surface area contributed by atoms with Gasteiger partial charge in [-0.3, -0.25) is 0 Å². The van der Waals surface area contributed by atoms with Gasteiger partial charge in [0.15, 0.2) is 0 Å². The summed E-state index contributed by atoms with van der Waals surface area (Å²) in [6.07, 6.45) is 5.72. The maximum absolute atomic E-state index is 6.13. The molecule has 2 nitrogen and oxygen atoms in total. The monoisotopic (exact) mass is 237 g/mol.